The molecule has 2 heterocycles. The van der Waals surface area contributed by atoms with Crippen molar-refractivity contribution in [2.24, 2.45) is 10.2 Å². The lowest BCUT2D eigenvalue weighted by molar-refractivity contribution is -0.145. The van der Waals surface area contributed by atoms with Crippen LogP contribution in [-0.4, -0.2) is 55.6 Å². The molecule has 0 fully saturated rings. The van der Waals surface area contributed by atoms with E-state index in [1.54, 1.807) is 7.11 Å². The van der Waals surface area contributed by atoms with E-state index in [1.165, 1.54) is 31.9 Å². The maximum Gasteiger partial charge on any atom is 0.303 e. The van der Waals surface area contributed by atoms with Gasteiger partial charge in [-0.2, -0.15) is 0 Å². The van der Waals surface area contributed by atoms with Gasteiger partial charge in [0.05, 0.1) is 12.5 Å². The number of hydrogen-bond acceptors (Lipinski definition) is 7. The first kappa shape index (κ1) is 23.6. The van der Waals surface area contributed by atoms with Gasteiger partial charge in [0.1, 0.15) is 12.2 Å². The van der Waals surface area contributed by atoms with E-state index in [2.05, 4.69) is 34.3 Å². The van der Waals surface area contributed by atoms with Crippen molar-refractivity contribution in [1.29, 1.82) is 0 Å². The molecule has 4 rings (SSSR count). The maximum absolute atomic E-state index is 11.3. The van der Waals surface area contributed by atoms with Crippen LogP contribution in [-0.2, 0) is 31.1 Å². The Morgan fingerprint density at radius 1 is 1.16 bits per heavy atom. The fourth-order valence-corrected chi connectivity index (χ4v) is 4.51. The summed E-state index contributed by atoms with van der Waals surface area (Å²) >= 11 is 0. The zero-order valence-electron chi connectivity index (χ0n) is 19.1. The number of nitrogens with zero attached hydrogens (tertiary/aromatic N) is 3. The van der Waals surface area contributed by atoms with Gasteiger partial charge in [0.2, 0.25) is 0 Å². The normalized spacial score (nSPS) is 25.5. The second kappa shape index (κ2) is 9.60. The van der Waals surface area contributed by atoms with Crippen LogP contribution in [0.2, 0.25) is 0 Å². The van der Waals surface area contributed by atoms with Crippen LogP contribution in [0.4, 0.5) is 0 Å². The SMILES string of the molecule is CC(=O)N=NC(C)=O.COc1ccc2c3c1OC1CC(OC(C)=O)C=CC31CCN(C)C2. The van der Waals surface area contributed by atoms with Crippen molar-refractivity contribution in [2.45, 2.75) is 57.8 Å². The van der Waals surface area contributed by atoms with E-state index >= 15 is 0 Å². The molecule has 172 valence electrons. The molecular weight excluding hydrogens is 414 g/mol. The molecule has 2 aliphatic heterocycles. The van der Waals surface area contributed by atoms with Gasteiger partial charge in [-0.05, 0) is 37.7 Å². The maximum atomic E-state index is 11.3. The van der Waals surface area contributed by atoms with Crippen molar-refractivity contribution in [3.8, 4) is 11.5 Å². The average Bonchev–Trinajstić information content (AvgIpc) is 2.98. The fourth-order valence-electron chi connectivity index (χ4n) is 4.51. The third-order valence-corrected chi connectivity index (χ3v) is 5.78. The molecule has 3 unspecified atom stereocenters. The summed E-state index contributed by atoms with van der Waals surface area (Å²) < 4.78 is 17.3. The number of ether oxygens (including phenoxy) is 3. The van der Waals surface area contributed by atoms with Gasteiger partial charge in [0.15, 0.2) is 11.5 Å². The standard InChI is InChI=1S/C19H23NO4.C4H6N2O2/c1-12(21)23-14-6-7-19-8-9-20(2)11-13-4-5-15(22-3)18(17(13)19)24-16(19)10-14;1-3(7)5-6-4(2)8/h4-7,14,16H,8-11H2,1-3H3;1-2H3. The molecule has 9 nitrogen and oxygen atoms in total. The van der Waals surface area contributed by atoms with Crippen LogP contribution in [0.15, 0.2) is 34.5 Å². The number of hydrogen-bond donors (Lipinski definition) is 0. The van der Waals surface area contributed by atoms with Gasteiger partial charge in [0, 0.05) is 39.3 Å². The van der Waals surface area contributed by atoms with Gasteiger partial charge in [-0.15, -0.1) is 10.2 Å². The van der Waals surface area contributed by atoms with Gasteiger partial charge >= 0.3 is 5.97 Å². The number of benzene rings is 1. The highest BCUT2D eigenvalue weighted by Gasteiger charge is 2.53. The summed E-state index contributed by atoms with van der Waals surface area (Å²) in [5.41, 5.74) is 2.40. The lowest BCUT2D eigenvalue weighted by Crippen LogP contribution is -2.43. The Hall–Kier alpha value is -3.07. The molecule has 3 atom stereocenters. The molecule has 1 aromatic carbocycles. The predicted octanol–water partition coefficient (Wildman–Crippen LogP) is 2.95. The van der Waals surface area contributed by atoms with E-state index in [-0.39, 0.29) is 23.6 Å². The number of azo groups is 1. The molecular formula is C23H29N3O6. The van der Waals surface area contributed by atoms with Crippen LogP contribution in [0.25, 0.3) is 0 Å². The molecule has 9 heteroatoms. The van der Waals surface area contributed by atoms with Crippen LogP contribution in [0.1, 0.15) is 44.7 Å². The minimum atomic E-state index is -0.458. The summed E-state index contributed by atoms with van der Waals surface area (Å²) in [7, 11) is 3.83. The molecule has 2 amide bonds. The number of rotatable bonds is 2. The Morgan fingerprint density at radius 3 is 2.44 bits per heavy atom. The van der Waals surface area contributed by atoms with Crippen molar-refractivity contribution >= 4 is 17.8 Å². The van der Waals surface area contributed by atoms with E-state index in [0.29, 0.717) is 6.42 Å². The van der Waals surface area contributed by atoms with Crippen LogP contribution in [0, 0.1) is 0 Å². The van der Waals surface area contributed by atoms with E-state index < -0.39 is 11.8 Å². The molecule has 32 heavy (non-hydrogen) atoms. The van der Waals surface area contributed by atoms with Gasteiger partial charge in [-0.3, -0.25) is 14.4 Å². The summed E-state index contributed by atoms with van der Waals surface area (Å²) in [6.45, 7) is 5.81. The van der Waals surface area contributed by atoms with Crippen LogP contribution in [0.3, 0.4) is 0 Å². The minimum absolute atomic E-state index is 0.0246. The third-order valence-electron chi connectivity index (χ3n) is 5.78. The Morgan fingerprint density at radius 2 is 1.84 bits per heavy atom. The Balaban J connectivity index is 0.000000312. The Bertz CT molecular complexity index is 957. The highest BCUT2D eigenvalue weighted by molar-refractivity contribution is 5.78. The predicted molar refractivity (Wildman–Crippen MR) is 116 cm³/mol. The Labute approximate surface area is 187 Å². The molecule has 0 saturated carbocycles. The Kier molecular flexibility index (Phi) is 7.08. The second-order valence-electron chi connectivity index (χ2n) is 8.25. The first-order chi connectivity index (χ1) is 15.2. The van der Waals surface area contributed by atoms with E-state index in [4.69, 9.17) is 14.2 Å². The number of esters is 1. The molecule has 0 N–H and O–H groups in total. The molecule has 0 saturated heterocycles. The largest absolute Gasteiger partial charge is 0.493 e. The fraction of sp³-hybridized carbons (Fsp3) is 0.522. The smallest absolute Gasteiger partial charge is 0.303 e. The zero-order chi connectivity index (χ0) is 23.5. The monoisotopic (exact) mass is 443 g/mol. The highest BCUT2D eigenvalue weighted by atomic mass is 16.6. The summed E-state index contributed by atoms with van der Waals surface area (Å²) in [4.78, 5) is 33.5. The topological polar surface area (TPSA) is 107 Å². The van der Waals surface area contributed by atoms with Gasteiger partial charge in [-0.25, -0.2) is 0 Å². The molecule has 1 aliphatic carbocycles. The van der Waals surface area contributed by atoms with E-state index in [0.717, 1.165) is 31.0 Å². The van der Waals surface area contributed by atoms with Crippen LogP contribution < -0.4 is 9.47 Å². The highest BCUT2D eigenvalue weighted by Crippen LogP contribution is 2.55. The van der Waals surface area contributed by atoms with Crippen molar-refractivity contribution < 1.29 is 28.6 Å². The summed E-state index contributed by atoms with van der Waals surface area (Å²) in [6.07, 6.45) is 5.67. The lowest BCUT2D eigenvalue weighted by atomic mass is 9.69. The van der Waals surface area contributed by atoms with Crippen molar-refractivity contribution in [1.82, 2.24) is 4.90 Å². The van der Waals surface area contributed by atoms with Crippen molar-refractivity contribution in [3.05, 3.63) is 35.4 Å². The first-order valence-corrected chi connectivity index (χ1v) is 10.5. The van der Waals surface area contributed by atoms with Crippen molar-refractivity contribution in [2.75, 3.05) is 20.7 Å². The van der Waals surface area contributed by atoms with Crippen molar-refractivity contribution in [3.63, 3.8) is 0 Å². The molecule has 0 bridgehead atoms. The lowest BCUT2D eigenvalue weighted by Gasteiger charge is -2.36. The summed E-state index contributed by atoms with van der Waals surface area (Å²) in [5, 5.41) is 5.92. The molecule has 3 aliphatic rings. The van der Waals surface area contributed by atoms with Crippen LogP contribution in [0.5, 0.6) is 11.5 Å². The number of carbonyl (C=O) groups excluding carboxylic acids is 3. The van der Waals surface area contributed by atoms with E-state index in [1.807, 2.05) is 12.1 Å². The third kappa shape index (κ3) is 4.88. The summed E-state index contributed by atoms with van der Waals surface area (Å²) in [5.74, 6) is 0.475. The number of methoxy groups -OCH3 is 1. The number of carbonyl (C=O) groups is 3. The second-order valence-corrected chi connectivity index (χ2v) is 8.25. The molecule has 1 aromatic rings. The molecule has 1 spiro atoms. The van der Waals surface area contributed by atoms with Crippen LogP contribution >= 0.6 is 0 Å². The first-order valence-electron chi connectivity index (χ1n) is 10.5. The van der Waals surface area contributed by atoms with Gasteiger partial charge < -0.3 is 19.1 Å². The zero-order valence-corrected chi connectivity index (χ0v) is 19.1. The number of amides is 2. The van der Waals surface area contributed by atoms with Gasteiger partial charge in [-0.1, -0.05) is 12.1 Å². The quantitative estimate of drug-likeness (QED) is 0.393. The van der Waals surface area contributed by atoms with E-state index in [9.17, 15) is 14.4 Å². The summed E-state index contributed by atoms with van der Waals surface area (Å²) in [6, 6.07) is 4.14. The molecule has 0 aromatic heterocycles. The molecule has 0 radical (unpaired) electrons. The average molecular weight is 444 g/mol. The minimum Gasteiger partial charge on any atom is -0.493 e. The van der Waals surface area contributed by atoms with Gasteiger partial charge in [0.25, 0.3) is 11.8 Å².